The first-order valence-corrected chi connectivity index (χ1v) is 8.82. The summed E-state index contributed by atoms with van der Waals surface area (Å²) < 4.78 is 18.7. The summed E-state index contributed by atoms with van der Waals surface area (Å²) >= 11 is 0. The maximum Gasteiger partial charge on any atom is 1.00 e. The molecule has 0 bridgehead atoms. The second-order valence-electron chi connectivity index (χ2n) is 5.28. The Bertz CT molecular complexity index is 791. The van der Waals surface area contributed by atoms with Crippen LogP contribution in [-0.2, 0) is 20.6 Å². The topological polar surface area (TPSA) is 171 Å². The van der Waals surface area contributed by atoms with Crippen LogP contribution in [0.15, 0.2) is 12.7 Å². The Morgan fingerprint density at radius 2 is 2.04 bits per heavy atom. The first-order valence-electron chi connectivity index (χ1n) is 7.01. The maximum atomic E-state index is 11.8. The number of fused-ring (bicyclic) bond motifs is 1. The Morgan fingerprint density at radius 3 is 2.65 bits per heavy atom. The molecule has 2 heterocycles. The molecular formula is C12H17N6Na2O5P. The molecule has 11 nitrogen and oxygen atoms in total. The van der Waals surface area contributed by atoms with Gasteiger partial charge >= 0.3 is 59.1 Å². The van der Waals surface area contributed by atoms with Gasteiger partial charge in [0, 0.05) is 6.04 Å². The number of aromatic nitrogens is 4. The van der Waals surface area contributed by atoms with E-state index in [0.29, 0.717) is 11.2 Å². The number of rotatable bonds is 8. The van der Waals surface area contributed by atoms with E-state index in [0.717, 1.165) is 0 Å². The second kappa shape index (κ2) is 11.1. The summed E-state index contributed by atoms with van der Waals surface area (Å²) in [6, 6.07) is -1.33. The number of carbonyl (C=O) groups is 1. The summed E-state index contributed by atoms with van der Waals surface area (Å²) in [6.45, 7) is 3.12. The largest absolute Gasteiger partial charge is 1.00 e. The van der Waals surface area contributed by atoms with E-state index in [9.17, 15) is 19.4 Å². The van der Waals surface area contributed by atoms with Crippen molar-refractivity contribution in [3.63, 3.8) is 0 Å². The summed E-state index contributed by atoms with van der Waals surface area (Å²) in [5.74, 6) is -1.27. The van der Waals surface area contributed by atoms with Crippen molar-refractivity contribution in [2.24, 2.45) is 0 Å². The first kappa shape index (κ1) is 25.9. The number of hydrogen-bond acceptors (Lipinski definition) is 9. The molecular weight excluding hydrogens is 385 g/mol. The van der Waals surface area contributed by atoms with Crippen molar-refractivity contribution in [2.75, 3.05) is 12.1 Å². The standard InChI is InChI=1S/C12H19N6O5P.2Na/c1-7(23-6-24(21,22)17-8(2)12(19)20)3-18-5-16-9-10(13)14-4-15-11(9)18;;/h4-5,7-8H,3,6H2,1-2H3,(H,19,20)(H2,13,14,15)(H2,17,21,22);;/q;2*+1/p-2/t7-,8+;;/m1../s1. The summed E-state index contributed by atoms with van der Waals surface area (Å²) in [4.78, 5) is 34.3. The van der Waals surface area contributed by atoms with Crippen LogP contribution >= 0.6 is 7.52 Å². The zero-order valence-electron chi connectivity index (χ0n) is 15.1. The van der Waals surface area contributed by atoms with E-state index in [4.69, 9.17) is 10.5 Å². The predicted octanol–water partition coefficient (Wildman–Crippen LogP) is -7.94. The van der Waals surface area contributed by atoms with Crippen LogP contribution in [-0.4, -0.2) is 44.0 Å². The van der Waals surface area contributed by atoms with Gasteiger partial charge in [-0.25, -0.2) is 15.0 Å². The van der Waals surface area contributed by atoms with Gasteiger partial charge in [-0.1, -0.05) is 0 Å². The van der Waals surface area contributed by atoms with Crippen molar-refractivity contribution in [2.45, 2.75) is 32.5 Å². The molecule has 0 fully saturated rings. The third-order valence-corrected chi connectivity index (χ3v) is 4.43. The van der Waals surface area contributed by atoms with Crippen molar-refractivity contribution in [3.8, 4) is 0 Å². The van der Waals surface area contributed by atoms with Gasteiger partial charge in [0.1, 0.15) is 25.7 Å². The molecule has 14 heteroatoms. The number of nitrogens with one attached hydrogen (secondary N) is 1. The fourth-order valence-corrected chi connectivity index (χ4v) is 3.19. The van der Waals surface area contributed by atoms with E-state index in [1.807, 2.05) is 5.09 Å². The number of anilines is 1. The smallest absolute Gasteiger partial charge is 0.786 e. The fourth-order valence-electron chi connectivity index (χ4n) is 1.97. The average molecular weight is 402 g/mol. The van der Waals surface area contributed by atoms with Gasteiger partial charge < -0.3 is 34.4 Å². The summed E-state index contributed by atoms with van der Waals surface area (Å²) in [5.41, 5.74) is 6.64. The zero-order chi connectivity index (χ0) is 17.9. The van der Waals surface area contributed by atoms with Crippen molar-refractivity contribution in [3.05, 3.63) is 12.7 Å². The Hall–Kier alpha value is -0.0700. The Kier molecular flexibility index (Phi) is 11.0. The molecule has 2 aromatic rings. The average Bonchev–Trinajstić information content (AvgIpc) is 2.89. The van der Waals surface area contributed by atoms with Gasteiger partial charge in [0.25, 0.3) is 0 Å². The molecule has 0 saturated heterocycles. The molecule has 0 aromatic carbocycles. The van der Waals surface area contributed by atoms with Crippen LogP contribution in [0.5, 0.6) is 0 Å². The van der Waals surface area contributed by atoms with Gasteiger partial charge in [-0.3, -0.25) is 5.09 Å². The van der Waals surface area contributed by atoms with Crippen LogP contribution in [0.25, 0.3) is 11.2 Å². The molecule has 1 unspecified atom stereocenters. The molecule has 0 aliphatic carbocycles. The van der Waals surface area contributed by atoms with Crippen LogP contribution in [0, 0.1) is 0 Å². The number of carboxylic acid groups (broad SMARTS) is 1. The Morgan fingerprint density at radius 1 is 1.38 bits per heavy atom. The van der Waals surface area contributed by atoms with Gasteiger partial charge in [0.2, 0.25) is 0 Å². The van der Waals surface area contributed by atoms with Crippen molar-refractivity contribution >= 4 is 30.5 Å². The molecule has 0 amide bonds. The van der Waals surface area contributed by atoms with Gasteiger partial charge in [-0.15, -0.1) is 0 Å². The molecule has 0 spiro atoms. The SMILES string of the molecule is C[C@H](Cn1cnc2c(N)ncnc21)OCP(=O)([O-])N[C@@H](C)C(=O)[O-].[Na+].[Na+]. The molecule has 2 aromatic heterocycles. The van der Waals surface area contributed by atoms with Crippen LogP contribution in [0.2, 0.25) is 0 Å². The maximum absolute atomic E-state index is 11.8. The molecule has 3 atom stereocenters. The minimum atomic E-state index is -4.22. The zero-order valence-corrected chi connectivity index (χ0v) is 20.0. The van der Waals surface area contributed by atoms with Crippen LogP contribution in [0.3, 0.4) is 0 Å². The molecule has 0 aliphatic heterocycles. The van der Waals surface area contributed by atoms with Crippen LogP contribution < -0.4 is 79.9 Å². The van der Waals surface area contributed by atoms with Crippen LogP contribution in [0.1, 0.15) is 13.8 Å². The van der Waals surface area contributed by atoms with Crippen LogP contribution in [0.4, 0.5) is 5.82 Å². The molecule has 2 rings (SSSR count). The van der Waals surface area contributed by atoms with Crippen molar-refractivity contribution in [1.82, 2.24) is 24.6 Å². The molecule has 26 heavy (non-hydrogen) atoms. The van der Waals surface area contributed by atoms with Gasteiger partial charge in [0.05, 0.1) is 24.9 Å². The number of carbonyl (C=O) groups excluding carboxylic acids is 1. The number of nitrogens with two attached hydrogens (primary N) is 1. The fraction of sp³-hybridized carbons (Fsp3) is 0.500. The number of carboxylic acids is 1. The monoisotopic (exact) mass is 402 g/mol. The molecule has 3 N–H and O–H groups in total. The van der Waals surface area contributed by atoms with Crippen molar-refractivity contribution in [1.29, 1.82) is 0 Å². The number of aliphatic carboxylic acids is 1. The second-order valence-corrected chi connectivity index (χ2v) is 7.14. The third kappa shape index (κ3) is 7.16. The van der Waals surface area contributed by atoms with E-state index in [1.165, 1.54) is 19.6 Å². The minimum Gasteiger partial charge on any atom is -0.786 e. The Balaban J connectivity index is 0.00000312. The summed E-state index contributed by atoms with van der Waals surface area (Å²) in [6.07, 6.45) is 1.65. The van der Waals surface area contributed by atoms with E-state index < -0.39 is 32.0 Å². The molecule has 132 valence electrons. The van der Waals surface area contributed by atoms with Gasteiger partial charge in [-0.05, 0) is 13.8 Å². The van der Waals surface area contributed by atoms with Gasteiger partial charge in [-0.2, -0.15) is 0 Å². The van der Waals surface area contributed by atoms with E-state index >= 15 is 0 Å². The normalized spacial score (nSPS) is 15.3. The van der Waals surface area contributed by atoms with E-state index in [2.05, 4.69) is 15.0 Å². The number of hydrogen-bond donors (Lipinski definition) is 2. The number of nitrogens with zero attached hydrogens (tertiary/aromatic N) is 4. The minimum absolute atomic E-state index is 0. The summed E-state index contributed by atoms with van der Waals surface area (Å²) in [7, 11) is -4.22. The van der Waals surface area contributed by atoms with E-state index in [-0.39, 0.29) is 71.5 Å². The Labute approximate surface area is 194 Å². The van der Waals surface area contributed by atoms with Crippen molar-refractivity contribution < 1.29 is 83.2 Å². The molecule has 0 saturated carbocycles. The molecule has 0 radical (unpaired) electrons. The predicted molar refractivity (Wildman–Crippen MR) is 80.4 cm³/mol. The quantitative estimate of drug-likeness (QED) is 0.319. The first-order chi connectivity index (χ1) is 11.2. The summed E-state index contributed by atoms with van der Waals surface area (Å²) in [5, 5.41) is 12.5. The van der Waals surface area contributed by atoms with E-state index in [1.54, 1.807) is 11.5 Å². The number of nitrogen functional groups attached to an aromatic ring is 1. The van der Waals surface area contributed by atoms with Gasteiger partial charge in [0.15, 0.2) is 11.5 Å². The number of ether oxygens (including phenoxy) is 1. The number of imidazole rings is 1. The molecule has 0 aliphatic rings. The third-order valence-electron chi connectivity index (χ3n) is 3.16.